The molecule has 0 saturated heterocycles. The number of nitrogens with two attached hydrogens (primary N) is 1. The monoisotopic (exact) mass is 280 g/mol. The molecule has 0 amide bonds. The molecule has 0 unspecified atom stereocenters. The summed E-state index contributed by atoms with van der Waals surface area (Å²) < 4.78 is 14.4. The van der Waals surface area contributed by atoms with Crippen LogP contribution in [0, 0.1) is 11.7 Å². The third-order valence-corrected chi connectivity index (χ3v) is 3.74. The van der Waals surface area contributed by atoms with Gasteiger partial charge in [0, 0.05) is 18.6 Å². The van der Waals surface area contributed by atoms with E-state index >= 15 is 0 Å². The normalized spacial score (nSPS) is 13.1. The smallest absolute Gasteiger partial charge is 0.146 e. The first-order valence-electron chi connectivity index (χ1n) is 7.72. The van der Waals surface area contributed by atoms with Crippen molar-refractivity contribution in [3.05, 3.63) is 29.6 Å². The van der Waals surface area contributed by atoms with E-state index in [-0.39, 0.29) is 11.9 Å². The van der Waals surface area contributed by atoms with E-state index in [1.165, 1.54) is 6.07 Å². The Hall–Kier alpha value is -1.09. The molecule has 20 heavy (non-hydrogen) atoms. The fourth-order valence-electron chi connectivity index (χ4n) is 2.75. The van der Waals surface area contributed by atoms with Crippen molar-refractivity contribution < 1.29 is 4.39 Å². The van der Waals surface area contributed by atoms with E-state index in [0.717, 1.165) is 24.9 Å². The molecular formula is C17H29FN2. The molecule has 1 rings (SSSR count). The third kappa shape index (κ3) is 3.95. The Morgan fingerprint density at radius 2 is 1.75 bits per heavy atom. The molecule has 2 N–H and O–H groups in total. The molecule has 1 atom stereocenters. The molecule has 0 radical (unpaired) electrons. The topological polar surface area (TPSA) is 29.3 Å². The van der Waals surface area contributed by atoms with E-state index < -0.39 is 0 Å². The lowest BCUT2D eigenvalue weighted by molar-refractivity contribution is 0.493. The number of para-hydroxylation sites is 1. The van der Waals surface area contributed by atoms with Gasteiger partial charge in [-0.1, -0.05) is 39.8 Å². The standard InChI is InChI=1S/C17H29FN2/c1-6-14(7-2)20(11-12(3)4)17-15(13(5)19)9-8-10-16(17)18/h8-10,12-14H,6-7,11,19H2,1-5H3/t13-/m0/s1. The van der Waals surface area contributed by atoms with Crippen LogP contribution in [0.25, 0.3) is 0 Å². The molecular weight excluding hydrogens is 251 g/mol. The average Bonchev–Trinajstić information content (AvgIpc) is 2.38. The van der Waals surface area contributed by atoms with Crippen LogP contribution in [-0.4, -0.2) is 12.6 Å². The van der Waals surface area contributed by atoms with Crippen molar-refractivity contribution in [1.82, 2.24) is 0 Å². The van der Waals surface area contributed by atoms with E-state index in [9.17, 15) is 4.39 Å². The van der Waals surface area contributed by atoms with Crippen molar-refractivity contribution in [3.63, 3.8) is 0 Å². The van der Waals surface area contributed by atoms with Gasteiger partial charge >= 0.3 is 0 Å². The van der Waals surface area contributed by atoms with Gasteiger partial charge in [0.1, 0.15) is 5.82 Å². The maximum absolute atomic E-state index is 14.4. The maximum Gasteiger partial charge on any atom is 0.146 e. The highest BCUT2D eigenvalue weighted by Crippen LogP contribution is 2.32. The van der Waals surface area contributed by atoms with Crippen LogP contribution in [0.2, 0.25) is 0 Å². The molecule has 0 aliphatic heterocycles. The van der Waals surface area contributed by atoms with Gasteiger partial charge in [-0.2, -0.15) is 0 Å². The second-order valence-electron chi connectivity index (χ2n) is 5.98. The largest absolute Gasteiger partial charge is 0.366 e. The molecule has 2 nitrogen and oxygen atoms in total. The lowest BCUT2D eigenvalue weighted by Gasteiger charge is -2.36. The van der Waals surface area contributed by atoms with Gasteiger partial charge in [-0.05, 0) is 37.3 Å². The van der Waals surface area contributed by atoms with Gasteiger partial charge in [0.25, 0.3) is 0 Å². The number of nitrogens with zero attached hydrogens (tertiary/aromatic N) is 1. The van der Waals surface area contributed by atoms with Crippen LogP contribution in [0.5, 0.6) is 0 Å². The quantitative estimate of drug-likeness (QED) is 0.797. The van der Waals surface area contributed by atoms with Crippen LogP contribution < -0.4 is 10.6 Å². The number of halogens is 1. The van der Waals surface area contributed by atoms with Gasteiger partial charge in [0.15, 0.2) is 0 Å². The molecule has 1 aromatic carbocycles. The van der Waals surface area contributed by atoms with Crippen LogP contribution in [0.3, 0.4) is 0 Å². The van der Waals surface area contributed by atoms with E-state index in [2.05, 4.69) is 32.6 Å². The van der Waals surface area contributed by atoms with Gasteiger partial charge in [-0.3, -0.25) is 0 Å². The zero-order valence-corrected chi connectivity index (χ0v) is 13.5. The van der Waals surface area contributed by atoms with Gasteiger partial charge in [-0.15, -0.1) is 0 Å². The summed E-state index contributed by atoms with van der Waals surface area (Å²) >= 11 is 0. The average molecular weight is 280 g/mol. The molecule has 3 heteroatoms. The minimum atomic E-state index is -0.162. The Bertz CT molecular complexity index is 411. The van der Waals surface area contributed by atoms with Gasteiger partial charge < -0.3 is 10.6 Å². The van der Waals surface area contributed by atoms with E-state index in [1.807, 2.05) is 13.0 Å². The van der Waals surface area contributed by atoms with Crippen molar-refractivity contribution in [2.45, 2.75) is 59.5 Å². The molecule has 0 aliphatic rings. The molecule has 0 saturated carbocycles. The molecule has 114 valence electrons. The Balaban J connectivity index is 3.32. The molecule has 0 spiro atoms. The predicted octanol–water partition coefficient (Wildman–Crippen LogP) is 4.50. The number of benzene rings is 1. The van der Waals surface area contributed by atoms with Crippen molar-refractivity contribution in [1.29, 1.82) is 0 Å². The lowest BCUT2D eigenvalue weighted by Crippen LogP contribution is -2.39. The Labute approximate surface area is 123 Å². The van der Waals surface area contributed by atoms with Crippen LogP contribution in [0.4, 0.5) is 10.1 Å². The summed E-state index contributed by atoms with van der Waals surface area (Å²) in [7, 11) is 0. The van der Waals surface area contributed by atoms with Crippen LogP contribution in [0.1, 0.15) is 59.1 Å². The van der Waals surface area contributed by atoms with Crippen molar-refractivity contribution in [2.75, 3.05) is 11.4 Å². The molecule has 1 aromatic rings. The van der Waals surface area contributed by atoms with E-state index in [0.29, 0.717) is 17.6 Å². The van der Waals surface area contributed by atoms with Crippen LogP contribution in [-0.2, 0) is 0 Å². The summed E-state index contributed by atoms with van der Waals surface area (Å²) in [5.74, 6) is 0.323. The second-order valence-corrected chi connectivity index (χ2v) is 5.98. The summed E-state index contributed by atoms with van der Waals surface area (Å²) in [6.45, 7) is 11.4. The molecule has 0 bridgehead atoms. The molecule has 0 aliphatic carbocycles. The molecule has 0 fully saturated rings. The zero-order valence-electron chi connectivity index (χ0n) is 13.5. The van der Waals surface area contributed by atoms with E-state index in [1.54, 1.807) is 6.07 Å². The summed E-state index contributed by atoms with van der Waals surface area (Å²) in [6.07, 6.45) is 2.02. The highest BCUT2D eigenvalue weighted by Gasteiger charge is 2.23. The SMILES string of the molecule is CCC(CC)N(CC(C)C)c1c(F)cccc1[C@H](C)N. The maximum atomic E-state index is 14.4. The van der Waals surface area contributed by atoms with Crippen molar-refractivity contribution >= 4 is 5.69 Å². The van der Waals surface area contributed by atoms with Gasteiger partial charge in [-0.25, -0.2) is 4.39 Å². The summed E-state index contributed by atoms with van der Waals surface area (Å²) in [6, 6.07) is 5.42. The fraction of sp³-hybridized carbons (Fsp3) is 0.647. The first-order valence-corrected chi connectivity index (χ1v) is 7.72. The summed E-state index contributed by atoms with van der Waals surface area (Å²) in [5, 5.41) is 0. The highest BCUT2D eigenvalue weighted by atomic mass is 19.1. The number of hydrogen-bond donors (Lipinski definition) is 1. The number of hydrogen-bond acceptors (Lipinski definition) is 2. The minimum Gasteiger partial charge on any atom is -0.366 e. The minimum absolute atomic E-state index is 0.160. The van der Waals surface area contributed by atoms with E-state index in [4.69, 9.17) is 5.73 Å². The Morgan fingerprint density at radius 3 is 2.20 bits per heavy atom. The first-order chi connectivity index (χ1) is 9.42. The second kappa shape index (κ2) is 7.63. The van der Waals surface area contributed by atoms with Crippen molar-refractivity contribution in [3.8, 4) is 0 Å². The Morgan fingerprint density at radius 1 is 1.15 bits per heavy atom. The number of anilines is 1. The fourth-order valence-corrected chi connectivity index (χ4v) is 2.75. The zero-order chi connectivity index (χ0) is 15.3. The first kappa shape index (κ1) is 17.0. The third-order valence-electron chi connectivity index (χ3n) is 3.74. The van der Waals surface area contributed by atoms with Crippen molar-refractivity contribution in [2.24, 2.45) is 11.7 Å². The summed E-state index contributed by atoms with van der Waals surface area (Å²) in [5.41, 5.74) is 7.64. The summed E-state index contributed by atoms with van der Waals surface area (Å²) in [4.78, 5) is 2.22. The lowest BCUT2D eigenvalue weighted by atomic mass is 10.0. The van der Waals surface area contributed by atoms with Crippen LogP contribution in [0.15, 0.2) is 18.2 Å². The van der Waals surface area contributed by atoms with Gasteiger partial charge in [0.05, 0.1) is 5.69 Å². The molecule has 0 heterocycles. The Kier molecular flexibility index (Phi) is 6.47. The highest BCUT2D eigenvalue weighted by molar-refractivity contribution is 5.57. The van der Waals surface area contributed by atoms with Gasteiger partial charge in [0.2, 0.25) is 0 Å². The molecule has 0 aromatic heterocycles. The predicted molar refractivity (Wildman–Crippen MR) is 85.6 cm³/mol. The van der Waals surface area contributed by atoms with Crippen LogP contribution >= 0.6 is 0 Å². The number of rotatable bonds is 7.